The van der Waals surface area contributed by atoms with Gasteiger partial charge in [0.25, 0.3) is 0 Å². The second-order valence-electron chi connectivity index (χ2n) is 3.15. The van der Waals surface area contributed by atoms with Crippen LogP contribution in [0.2, 0.25) is 0 Å². The smallest absolute Gasteiger partial charge is 0.329 e. The van der Waals surface area contributed by atoms with Gasteiger partial charge in [0.1, 0.15) is 0 Å². The zero-order valence-electron chi connectivity index (χ0n) is 7.35. The number of nitrogens with zero attached hydrogens (tertiary/aromatic N) is 1. The first-order valence-electron chi connectivity index (χ1n) is 3.43. The van der Waals surface area contributed by atoms with E-state index in [-0.39, 0.29) is 23.3 Å². The Morgan fingerprint density at radius 1 is 1.23 bits per heavy atom. The van der Waals surface area contributed by atoms with Gasteiger partial charge in [0, 0.05) is 6.42 Å². The summed E-state index contributed by atoms with van der Waals surface area (Å²) in [6.45, 7) is 0.383. The summed E-state index contributed by atoms with van der Waals surface area (Å²) in [7, 11) is 3.41. The van der Waals surface area contributed by atoms with Crippen molar-refractivity contribution in [3.63, 3.8) is 0 Å². The van der Waals surface area contributed by atoms with Crippen LogP contribution in [0.1, 0.15) is 6.42 Å². The Morgan fingerprint density at radius 2 is 1.62 bits per heavy atom. The average molecular weight is 273 g/mol. The van der Waals surface area contributed by atoms with Crippen molar-refractivity contribution in [3.05, 3.63) is 0 Å². The zero-order chi connectivity index (χ0) is 9.99. The summed E-state index contributed by atoms with van der Waals surface area (Å²) in [6.07, 6.45) is -1.17. The summed E-state index contributed by atoms with van der Waals surface area (Å²) in [5.74, 6) is 0. The molecule has 0 fully saturated rings. The molecule has 0 aromatic carbocycles. The quantitative estimate of drug-likeness (QED) is 0.273. The monoisotopic (exact) mass is 271 g/mol. The van der Waals surface area contributed by atoms with Gasteiger partial charge in [0.05, 0.1) is 20.6 Å². The minimum Gasteiger partial charge on any atom is -1.00 e. The van der Waals surface area contributed by atoms with E-state index in [2.05, 4.69) is 0 Å². The van der Waals surface area contributed by atoms with Gasteiger partial charge in [-0.05, 0) is 34.8 Å². The van der Waals surface area contributed by atoms with E-state index < -0.39 is 10.2 Å². The van der Waals surface area contributed by atoms with Gasteiger partial charge < -0.3 is 22.6 Å². The molecule has 3 nitrogen and oxygen atoms in total. The van der Waals surface area contributed by atoms with E-state index in [1.54, 1.807) is 14.1 Å². The zero-order valence-corrected chi connectivity index (χ0v) is 10.4. The fraction of sp³-hybridized carbons (Fsp3) is 1.00. The van der Waals surface area contributed by atoms with Crippen LogP contribution in [-0.2, 0) is 0 Å². The molecule has 0 aromatic rings. The van der Waals surface area contributed by atoms with Crippen LogP contribution in [0.25, 0.3) is 0 Å². The molecular weight excluding hydrogens is 260 g/mol. The Hall–Kier alpha value is 1.04. The predicted octanol–water partition coefficient (Wildman–Crippen LogP) is -1.90. The molecule has 13 heavy (non-hydrogen) atoms. The van der Waals surface area contributed by atoms with Crippen molar-refractivity contribution in [1.82, 2.24) is 0 Å². The molecule has 0 aliphatic rings. The maximum Gasteiger partial charge on any atom is 0.329 e. The highest BCUT2D eigenvalue weighted by atomic mass is 35.6. The summed E-state index contributed by atoms with van der Waals surface area (Å²) < 4.78 is -1.34. The van der Waals surface area contributed by atoms with Crippen LogP contribution in [0.4, 0.5) is 0 Å². The number of alkyl halides is 3. The summed E-state index contributed by atoms with van der Waals surface area (Å²) in [5, 5.41) is 17.2. The number of hydrogen-bond donors (Lipinski definition) is 2. The Kier molecular flexibility index (Phi) is 7.36. The summed E-state index contributed by atoms with van der Waals surface area (Å²) in [4.78, 5) is 0. The van der Waals surface area contributed by atoms with Crippen molar-refractivity contribution in [3.8, 4) is 0 Å². The van der Waals surface area contributed by atoms with Crippen LogP contribution >= 0.6 is 34.8 Å². The highest BCUT2D eigenvalue weighted by molar-refractivity contribution is 6.66. The number of aliphatic hydroxyl groups excluding tert-OH is 1. The SMILES string of the molecule is C[N+](C)(CCC(O)O)C(Cl)(Cl)Cl.[Cl-]. The minimum absolute atomic E-state index is 0. The van der Waals surface area contributed by atoms with Gasteiger partial charge in [-0.15, -0.1) is 0 Å². The second-order valence-corrected chi connectivity index (χ2v) is 5.37. The van der Waals surface area contributed by atoms with E-state index in [4.69, 9.17) is 45.0 Å². The van der Waals surface area contributed by atoms with E-state index in [0.29, 0.717) is 6.54 Å². The number of quaternary nitrogens is 1. The van der Waals surface area contributed by atoms with Crippen LogP contribution in [0.5, 0.6) is 0 Å². The van der Waals surface area contributed by atoms with Crippen LogP contribution < -0.4 is 12.4 Å². The number of aliphatic hydroxyl groups is 2. The maximum atomic E-state index is 8.60. The molecule has 0 heterocycles. The fourth-order valence-corrected chi connectivity index (χ4v) is 0.819. The molecule has 2 N–H and O–H groups in total. The molecule has 0 aliphatic carbocycles. The van der Waals surface area contributed by atoms with Crippen molar-refractivity contribution in [2.24, 2.45) is 0 Å². The summed E-state index contributed by atoms with van der Waals surface area (Å²) in [6, 6.07) is 0. The first-order valence-corrected chi connectivity index (χ1v) is 4.56. The molecular formula is C6H13Cl4NO2. The van der Waals surface area contributed by atoms with Gasteiger partial charge in [-0.1, -0.05) is 0 Å². The molecule has 0 saturated carbocycles. The van der Waals surface area contributed by atoms with Crippen molar-refractivity contribution in [2.45, 2.75) is 16.6 Å². The van der Waals surface area contributed by atoms with E-state index in [0.717, 1.165) is 0 Å². The fourth-order valence-electron chi connectivity index (χ4n) is 0.565. The lowest BCUT2D eigenvalue weighted by Crippen LogP contribution is -3.00. The Morgan fingerprint density at radius 3 is 1.85 bits per heavy atom. The Labute approximate surface area is 99.2 Å². The van der Waals surface area contributed by atoms with Crippen LogP contribution in [0, 0.1) is 0 Å². The van der Waals surface area contributed by atoms with Crippen LogP contribution in [-0.4, -0.2) is 45.5 Å². The van der Waals surface area contributed by atoms with E-state index >= 15 is 0 Å². The predicted molar refractivity (Wildman–Crippen MR) is 50.1 cm³/mol. The van der Waals surface area contributed by atoms with Crippen molar-refractivity contribution >= 4 is 34.8 Å². The van der Waals surface area contributed by atoms with E-state index in [1.807, 2.05) is 0 Å². The summed E-state index contributed by atoms with van der Waals surface area (Å²) >= 11 is 16.9. The van der Waals surface area contributed by atoms with Crippen LogP contribution in [0.15, 0.2) is 0 Å². The minimum atomic E-state index is -1.44. The molecule has 7 heteroatoms. The number of hydrogen-bond acceptors (Lipinski definition) is 2. The lowest BCUT2D eigenvalue weighted by atomic mass is 10.3. The topological polar surface area (TPSA) is 40.5 Å². The Balaban J connectivity index is 0. The van der Waals surface area contributed by atoms with Gasteiger partial charge in [-0.25, -0.2) is 0 Å². The third-order valence-corrected chi connectivity index (χ3v) is 3.01. The molecule has 0 unspecified atom stereocenters. The van der Waals surface area contributed by atoms with Crippen molar-refractivity contribution in [2.75, 3.05) is 20.6 Å². The highest BCUT2D eigenvalue weighted by Crippen LogP contribution is 2.34. The third kappa shape index (κ3) is 6.18. The van der Waals surface area contributed by atoms with Gasteiger partial charge in [0.2, 0.25) is 0 Å². The molecule has 0 bridgehead atoms. The first kappa shape index (κ1) is 16.5. The van der Waals surface area contributed by atoms with Crippen molar-refractivity contribution < 1.29 is 27.1 Å². The lowest BCUT2D eigenvalue weighted by molar-refractivity contribution is -0.901. The molecule has 0 aliphatic heterocycles. The largest absolute Gasteiger partial charge is 1.00 e. The van der Waals surface area contributed by atoms with Gasteiger partial charge in [0.15, 0.2) is 6.29 Å². The normalized spacial score (nSPS) is 12.9. The molecule has 0 amide bonds. The van der Waals surface area contributed by atoms with Crippen molar-refractivity contribution in [1.29, 1.82) is 0 Å². The lowest BCUT2D eigenvalue weighted by Gasteiger charge is -2.35. The Bertz CT molecular complexity index is 146. The maximum absolute atomic E-state index is 8.60. The second kappa shape index (κ2) is 5.81. The average Bonchev–Trinajstić information content (AvgIpc) is 1.81. The van der Waals surface area contributed by atoms with Crippen LogP contribution in [0.3, 0.4) is 0 Å². The molecule has 0 rings (SSSR count). The van der Waals surface area contributed by atoms with Gasteiger partial charge in [-0.2, -0.15) is 0 Å². The van der Waals surface area contributed by atoms with E-state index in [1.165, 1.54) is 0 Å². The highest BCUT2D eigenvalue weighted by Gasteiger charge is 2.40. The van der Waals surface area contributed by atoms with Gasteiger partial charge in [-0.3, -0.25) is 4.48 Å². The number of halogens is 4. The standard InChI is InChI=1S/C6H13Cl3NO2.ClH/c1-10(2,6(7,8)9)4-3-5(11)12;/h5,11-12H,3-4H2,1-2H3;1H/q+1;/p-1. The van der Waals surface area contributed by atoms with E-state index in [9.17, 15) is 0 Å². The third-order valence-electron chi connectivity index (χ3n) is 1.63. The molecule has 0 atom stereocenters. The molecule has 82 valence electrons. The molecule has 0 aromatic heterocycles. The first-order chi connectivity index (χ1) is 5.17. The van der Waals surface area contributed by atoms with Gasteiger partial charge >= 0.3 is 3.92 Å². The molecule has 0 saturated heterocycles. The summed E-state index contributed by atoms with van der Waals surface area (Å²) in [5.41, 5.74) is 0. The number of rotatable bonds is 3. The molecule has 0 spiro atoms. The molecule has 0 radical (unpaired) electrons.